The monoisotopic (exact) mass is 366 g/mol. The fraction of sp³-hybridized carbons (Fsp3) is 0.364. The number of nitrogens with one attached hydrogen (secondary N) is 1. The molecule has 1 N–H and O–H groups in total. The number of hydrogen-bond donors (Lipinski definition) is 1. The number of carbonyl (C=O) groups excluding carboxylic acids is 2. The largest absolute Gasteiger partial charge is 0.491 e. The summed E-state index contributed by atoms with van der Waals surface area (Å²) in [6.45, 7) is 6.73. The third kappa shape index (κ3) is 4.67. The van der Waals surface area contributed by atoms with E-state index in [2.05, 4.69) is 5.32 Å². The van der Waals surface area contributed by atoms with Gasteiger partial charge in [0.15, 0.2) is 0 Å². The van der Waals surface area contributed by atoms with Crippen LogP contribution >= 0.6 is 0 Å². The van der Waals surface area contributed by atoms with Crippen molar-refractivity contribution < 1.29 is 14.3 Å². The predicted octanol–water partition coefficient (Wildman–Crippen LogP) is 3.45. The molecule has 1 heterocycles. The minimum Gasteiger partial charge on any atom is -0.491 e. The van der Waals surface area contributed by atoms with Crippen LogP contribution in [0.1, 0.15) is 31.4 Å². The summed E-state index contributed by atoms with van der Waals surface area (Å²) >= 11 is 0. The zero-order valence-corrected chi connectivity index (χ0v) is 16.1. The van der Waals surface area contributed by atoms with Crippen LogP contribution in [-0.4, -0.2) is 24.5 Å². The van der Waals surface area contributed by atoms with Gasteiger partial charge in [-0.05, 0) is 44.5 Å². The van der Waals surface area contributed by atoms with Crippen LogP contribution in [0.2, 0.25) is 0 Å². The van der Waals surface area contributed by atoms with Crippen LogP contribution in [0.25, 0.3) is 0 Å². The lowest BCUT2D eigenvalue weighted by Crippen LogP contribution is -2.32. The second-order valence-corrected chi connectivity index (χ2v) is 7.24. The molecule has 2 aromatic rings. The van der Waals surface area contributed by atoms with Gasteiger partial charge in [0.1, 0.15) is 5.75 Å². The number of ether oxygens (including phenoxy) is 1. The van der Waals surface area contributed by atoms with Crippen molar-refractivity contribution in [3.8, 4) is 5.75 Å². The predicted molar refractivity (Wildman–Crippen MR) is 106 cm³/mol. The highest BCUT2D eigenvalue weighted by Gasteiger charge is 2.35. The highest BCUT2D eigenvalue weighted by Crippen LogP contribution is 2.26. The van der Waals surface area contributed by atoms with Gasteiger partial charge in [-0.3, -0.25) is 9.59 Å². The summed E-state index contributed by atoms with van der Waals surface area (Å²) in [4.78, 5) is 26.7. The van der Waals surface area contributed by atoms with E-state index in [0.29, 0.717) is 13.1 Å². The SMILES string of the molecule is Cc1cccc(N2C[C@H](C(=O)NCc3ccccc3OC(C)C)CC2=O)c1. The highest BCUT2D eigenvalue weighted by atomic mass is 16.5. The zero-order chi connectivity index (χ0) is 19.4. The summed E-state index contributed by atoms with van der Waals surface area (Å²) in [5, 5.41) is 2.96. The van der Waals surface area contributed by atoms with E-state index in [9.17, 15) is 9.59 Å². The van der Waals surface area contributed by atoms with Crippen LogP contribution in [0, 0.1) is 12.8 Å². The molecule has 0 aliphatic carbocycles. The van der Waals surface area contributed by atoms with Crippen molar-refractivity contribution in [1.29, 1.82) is 0 Å². The average Bonchev–Trinajstić information content (AvgIpc) is 3.02. The Hall–Kier alpha value is -2.82. The Morgan fingerprint density at radius 1 is 1.22 bits per heavy atom. The van der Waals surface area contributed by atoms with E-state index in [1.807, 2.05) is 69.3 Å². The molecule has 0 saturated carbocycles. The summed E-state index contributed by atoms with van der Waals surface area (Å²) in [5.74, 6) is 0.329. The first-order valence-electron chi connectivity index (χ1n) is 9.33. The molecule has 1 atom stereocenters. The maximum atomic E-state index is 12.6. The lowest BCUT2D eigenvalue weighted by molar-refractivity contribution is -0.126. The summed E-state index contributed by atoms with van der Waals surface area (Å²) in [6.07, 6.45) is 0.307. The van der Waals surface area contributed by atoms with Gasteiger partial charge in [0.05, 0.1) is 12.0 Å². The third-order valence-electron chi connectivity index (χ3n) is 4.60. The van der Waals surface area contributed by atoms with Crippen molar-refractivity contribution in [2.45, 2.75) is 39.8 Å². The first-order chi connectivity index (χ1) is 12.9. The molecule has 27 heavy (non-hydrogen) atoms. The number of carbonyl (C=O) groups is 2. The van der Waals surface area contributed by atoms with Crippen LogP contribution in [-0.2, 0) is 16.1 Å². The minimum atomic E-state index is -0.337. The minimum absolute atomic E-state index is 0.00992. The quantitative estimate of drug-likeness (QED) is 0.852. The van der Waals surface area contributed by atoms with E-state index in [1.54, 1.807) is 4.90 Å². The first-order valence-corrected chi connectivity index (χ1v) is 9.33. The van der Waals surface area contributed by atoms with Crippen molar-refractivity contribution in [2.24, 2.45) is 5.92 Å². The van der Waals surface area contributed by atoms with Gasteiger partial charge in [-0.25, -0.2) is 0 Å². The number of nitrogens with zero attached hydrogens (tertiary/aromatic N) is 1. The number of anilines is 1. The third-order valence-corrected chi connectivity index (χ3v) is 4.60. The molecule has 0 radical (unpaired) electrons. The second kappa shape index (κ2) is 8.25. The fourth-order valence-electron chi connectivity index (χ4n) is 3.27. The molecule has 0 spiro atoms. The Morgan fingerprint density at radius 2 is 2.00 bits per heavy atom. The molecule has 1 aliphatic rings. The molecular weight excluding hydrogens is 340 g/mol. The van der Waals surface area contributed by atoms with Gasteiger partial charge >= 0.3 is 0 Å². The molecule has 2 amide bonds. The molecule has 142 valence electrons. The van der Waals surface area contributed by atoms with E-state index in [-0.39, 0.29) is 30.3 Å². The van der Waals surface area contributed by atoms with Gasteiger partial charge in [-0.1, -0.05) is 30.3 Å². The number of benzene rings is 2. The van der Waals surface area contributed by atoms with Crippen LogP contribution in [0.5, 0.6) is 5.75 Å². The summed E-state index contributed by atoms with van der Waals surface area (Å²) < 4.78 is 5.79. The Kier molecular flexibility index (Phi) is 5.79. The Balaban J connectivity index is 1.62. The van der Waals surface area contributed by atoms with E-state index < -0.39 is 0 Å². The molecule has 1 aliphatic heterocycles. The molecular formula is C22H26N2O3. The lowest BCUT2D eigenvalue weighted by Gasteiger charge is -2.18. The maximum absolute atomic E-state index is 12.6. The second-order valence-electron chi connectivity index (χ2n) is 7.24. The average molecular weight is 366 g/mol. The summed E-state index contributed by atoms with van der Waals surface area (Å²) in [5.41, 5.74) is 2.88. The van der Waals surface area contributed by atoms with E-state index in [0.717, 1.165) is 22.6 Å². The zero-order valence-electron chi connectivity index (χ0n) is 16.1. The van der Waals surface area contributed by atoms with E-state index in [4.69, 9.17) is 4.74 Å². The standard InChI is InChI=1S/C22H26N2O3/c1-15(2)27-20-10-5-4-8-17(20)13-23-22(26)18-12-21(25)24(14-18)19-9-6-7-16(3)11-19/h4-11,15,18H,12-14H2,1-3H3,(H,23,26)/t18-/m1/s1. The fourth-order valence-corrected chi connectivity index (χ4v) is 3.27. The van der Waals surface area contributed by atoms with Gasteiger partial charge in [0.2, 0.25) is 11.8 Å². The topological polar surface area (TPSA) is 58.6 Å². The normalized spacial score (nSPS) is 16.7. The van der Waals surface area contributed by atoms with Gasteiger partial charge in [-0.2, -0.15) is 0 Å². The number of amides is 2. The molecule has 3 rings (SSSR count). The molecule has 2 aromatic carbocycles. The van der Waals surface area contributed by atoms with Crippen molar-refractivity contribution in [3.05, 3.63) is 59.7 Å². The van der Waals surface area contributed by atoms with Crippen molar-refractivity contribution in [1.82, 2.24) is 5.32 Å². The molecule has 5 nitrogen and oxygen atoms in total. The first kappa shape index (κ1) is 19.0. The van der Waals surface area contributed by atoms with Crippen LogP contribution < -0.4 is 15.0 Å². The van der Waals surface area contributed by atoms with Crippen LogP contribution in [0.3, 0.4) is 0 Å². The maximum Gasteiger partial charge on any atom is 0.227 e. The van der Waals surface area contributed by atoms with Gasteiger partial charge in [-0.15, -0.1) is 0 Å². The van der Waals surface area contributed by atoms with Crippen LogP contribution in [0.4, 0.5) is 5.69 Å². The molecule has 1 fully saturated rings. The van der Waals surface area contributed by atoms with Gasteiger partial charge in [0, 0.05) is 30.8 Å². The molecule has 5 heteroatoms. The Bertz CT molecular complexity index is 832. The van der Waals surface area contributed by atoms with Crippen molar-refractivity contribution in [3.63, 3.8) is 0 Å². The number of hydrogen-bond acceptors (Lipinski definition) is 3. The van der Waals surface area contributed by atoms with Crippen LogP contribution in [0.15, 0.2) is 48.5 Å². The summed E-state index contributed by atoms with van der Waals surface area (Å²) in [7, 11) is 0. The Morgan fingerprint density at radius 3 is 2.74 bits per heavy atom. The molecule has 0 aromatic heterocycles. The molecule has 0 bridgehead atoms. The van der Waals surface area contributed by atoms with Crippen molar-refractivity contribution in [2.75, 3.05) is 11.4 Å². The Labute approximate surface area is 160 Å². The number of aryl methyl sites for hydroxylation is 1. The number of rotatable bonds is 6. The molecule has 1 saturated heterocycles. The summed E-state index contributed by atoms with van der Waals surface area (Å²) in [6, 6.07) is 15.5. The van der Waals surface area contributed by atoms with Gasteiger partial charge in [0.25, 0.3) is 0 Å². The molecule has 0 unspecified atom stereocenters. The van der Waals surface area contributed by atoms with E-state index in [1.165, 1.54) is 0 Å². The van der Waals surface area contributed by atoms with Gasteiger partial charge < -0.3 is 15.0 Å². The highest BCUT2D eigenvalue weighted by molar-refractivity contribution is 6.00. The lowest BCUT2D eigenvalue weighted by atomic mass is 10.1. The number of para-hydroxylation sites is 1. The van der Waals surface area contributed by atoms with Crippen molar-refractivity contribution >= 4 is 17.5 Å². The smallest absolute Gasteiger partial charge is 0.227 e. The van der Waals surface area contributed by atoms with E-state index >= 15 is 0 Å².